The van der Waals surface area contributed by atoms with E-state index in [0.717, 1.165) is 18.2 Å². The van der Waals surface area contributed by atoms with Gasteiger partial charge in [0, 0.05) is 17.1 Å². The fourth-order valence-corrected chi connectivity index (χ4v) is 3.50. The molecule has 1 rings (SSSR count). The third kappa shape index (κ3) is 5.81. The van der Waals surface area contributed by atoms with Crippen molar-refractivity contribution in [2.24, 2.45) is 0 Å². The summed E-state index contributed by atoms with van der Waals surface area (Å²) in [6, 6.07) is 2.83. The number of likely N-dealkylation sites (N-methyl/N-ethyl adjacent to an activating group) is 1. The average molecular weight is 391 g/mol. The lowest BCUT2D eigenvalue weighted by atomic mass is 10.3. The molecule has 0 heterocycles. The van der Waals surface area contributed by atoms with Gasteiger partial charge >= 0.3 is 6.36 Å². The van der Waals surface area contributed by atoms with E-state index in [1.807, 2.05) is 0 Å². The Kier molecular flexibility index (Phi) is 6.02. The second kappa shape index (κ2) is 6.95. The average Bonchev–Trinajstić information content (AvgIpc) is 2.33. The predicted octanol–water partition coefficient (Wildman–Crippen LogP) is 2.23. The molecule has 5 nitrogen and oxygen atoms in total. The molecule has 0 aliphatic heterocycles. The van der Waals surface area contributed by atoms with Crippen LogP contribution in [-0.2, 0) is 10.0 Å². The summed E-state index contributed by atoms with van der Waals surface area (Å²) in [5, 5.41) is 2.85. The highest BCUT2D eigenvalue weighted by Crippen LogP contribution is 2.29. The highest BCUT2D eigenvalue weighted by molar-refractivity contribution is 9.10. The molecule has 0 amide bonds. The van der Waals surface area contributed by atoms with Gasteiger partial charge in [-0.05, 0) is 48.1 Å². The standard InChI is InChI=1S/C11H14BrF3N2O3S/c1-7(16-2)6-17-21(18,19)10-4-3-8(5-9(10)12)20-11(13,14)15/h3-5,7,16-17H,6H2,1-2H3. The topological polar surface area (TPSA) is 67.4 Å². The van der Waals surface area contributed by atoms with Gasteiger partial charge < -0.3 is 10.1 Å². The zero-order valence-corrected chi connectivity index (χ0v) is 13.6. The van der Waals surface area contributed by atoms with E-state index < -0.39 is 22.1 Å². The summed E-state index contributed by atoms with van der Waals surface area (Å²) < 4.78 is 66.4. The molecule has 0 spiro atoms. The third-order valence-corrected chi connectivity index (χ3v) is 4.90. The van der Waals surface area contributed by atoms with Crippen molar-refractivity contribution in [3.8, 4) is 5.75 Å². The lowest BCUT2D eigenvalue weighted by molar-refractivity contribution is -0.274. The molecule has 0 aliphatic carbocycles. The van der Waals surface area contributed by atoms with Crippen LogP contribution in [0.3, 0.4) is 0 Å². The van der Waals surface area contributed by atoms with Crippen molar-refractivity contribution in [2.75, 3.05) is 13.6 Å². The Balaban J connectivity index is 2.93. The first kappa shape index (κ1) is 18.2. The van der Waals surface area contributed by atoms with Gasteiger partial charge in [0.25, 0.3) is 0 Å². The van der Waals surface area contributed by atoms with Crippen molar-refractivity contribution in [3.05, 3.63) is 22.7 Å². The molecular weight excluding hydrogens is 377 g/mol. The van der Waals surface area contributed by atoms with E-state index in [1.54, 1.807) is 14.0 Å². The minimum atomic E-state index is -4.83. The summed E-state index contributed by atoms with van der Waals surface area (Å²) in [4.78, 5) is -0.166. The van der Waals surface area contributed by atoms with Crippen LogP contribution in [0, 0.1) is 0 Å². The van der Waals surface area contributed by atoms with Crippen LogP contribution in [0.15, 0.2) is 27.6 Å². The van der Waals surface area contributed by atoms with Crippen molar-refractivity contribution < 1.29 is 26.3 Å². The predicted molar refractivity (Wildman–Crippen MR) is 74.5 cm³/mol. The second-order valence-electron chi connectivity index (χ2n) is 4.18. The van der Waals surface area contributed by atoms with Crippen molar-refractivity contribution >= 4 is 26.0 Å². The maximum absolute atomic E-state index is 12.1. The number of hydrogen-bond acceptors (Lipinski definition) is 4. The highest BCUT2D eigenvalue weighted by atomic mass is 79.9. The van der Waals surface area contributed by atoms with Crippen LogP contribution >= 0.6 is 15.9 Å². The number of rotatable bonds is 6. The van der Waals surface area contributed by atoms with Gasteiger partial charge in [0.1, 0.15) is 5.75 Å². The van der Waals surface area contributed by atoms with E-state index in [1.165, 1.54) is 0 Å². The Morgan fingerprint density at radius 2 is 2.00 bits per heavy atom. The number of sulfonamides is 1. The number of ether oxygens (including phenoxy) is 1. The van der Waals surface area contributed by atoms with E-state index in [-0.39, 0.29) is 22.0 Å². The maximum Gasteiger partial charge on any atom is 0.573 e. The molecule has 1 aromatic rings. The monoisotopic (exact) mass is 390 g/mol. The molecule has 0 saturated carbocycles. The number of hydrogen-bond donors (Lipinski definition) is 2. The molecule has 21 heavy (non-hydrogen) atoms. The Morgan fingerprint density at radius 1 is 1.38 bits per heavy atom. The zero-order chi connectivity index (χ0) is 16.3. The van der Waals surface area contributed by atoms with E-state index in [2.05, 4.69) is 30.7 Å². The fraction of sp³-hybridized carbons (Fsp3) is 0.455. The molecule has 0 radical (unpaired) electrons. The number of halogens is 4. The van der Waals surface area contributed by atoms with Crippen molar-refractivity contribution in [1.29, 1.82) is 0 Å². The molecule has 1 unspecified atom stereocenters. The SMILES string of the molecule is CNC(C)CNS(=O)(=O)c1ccc(OC(F)(F)F)cc1Br. The highest BCUT2D eigenvalue weighted by Gasteiger charge is 2.31. The number of nitrogens with one attached hydrogen (secondary N) is 2. The lowest BCUT2D eigenvalue weighted by Crippen LogP contribution is -2.37. The van der Waals surface area contributed by atoms with Crippen molar-refractivity contribution in [3.63, 3.8) is 0 Å². The van der Waals surface area contributed by atoms with Crippen LogP contribution in [0.1, 0.15) is 6.92 Å². The Hall–Kier alpha value is -0.840. The second-order valence-corrected chi connectivity index (χ2v) is 6.77. The summed E-state index contributed by atoms with van der Waals surface area (Å²) in [5.41, 5.74) is 0. The minimum Gasteiger partial charge on any atom is -0.406 e. The van der Waals surface area contributed by atoms with Gasteiger partial charge in [-0.1, -0.05) is 0 Å². The summed E-state index contributed by atoms with van der Waals surface area (Å²) >= 11 is 2.93. The fourth-order valence-electron chi connectivity index (χ4n) is 1.31. The van der Waals surface area contributed by atoms with E-state index in [9.17, 15) is 21.6 Å². The van der Waals surface area contributed by atoms with Gasteiger partial charge in [0.05, 0.1) is 4.90 Å². The smallest absolute Gasteiger partial charge is 0.406 e. The summed E-state index contributed by atoms with van der Waals surface area (Å²) in [7, 11) is -2.15. The molecule has 1 atom stereocenters. The molecule has 120 valence electrons. The van der Waals surface area contributed by atoms with E-state index in [4.69, 9.17) is 0 Å². The van der Waals surface area contributed by atoms with Gasteiger partial charge in [-0.25, -0.2) is 13.1 Å². The van der Waals surface area contributed by atoms with Gasteiger partial charge in [0.15, 0.2) is 0 Å². The Labute approximate surface area is 129 Å². The first-order valence-corrected chi connectivity index (χ1v) is 8.05. The van der Waals surface area contributed by atoms with E-state index >= 15 is 0 Å². The van der Waals surface area contributed by atoms with Crippen LogP contribution in [0.5, 0.6) is 5.75 Å². The molecule has 10 heteroatoms. The van der Waals surface area contributed by atoms with Crippen LogP contribution in [0.4, 0.5) is 13.2 Å². The molecule has 2 N–H and O–H groups in total. The van der Waals surface area contributed by atoms with Crippen LogP contribution in [0.2, 0.25) is 0 Å². The normalized spacial score (nSPS) is 14.0. The molecule has 0 aromatic heterocycles. The van der Waals surface area contributed by atoms with Crippen molar-refractivity contribution in [1.82, 2.24) is 10.0 Å². The molecule has 0 aliphatic rings. The molecule has 0 saturated heterocycles. The molecule has 1 aromatic carbocycles. The number of benzene rings is 1. The van der Waals surface area contributed by atoms with Crippen LogP contribution in [0.25, 0.3) is 0 Å². The summed E-state index contributed by atoms with van der Waals surface area (Å²) in [5.74, 6) is -0.503. The quantitative estimate of drug-likeness (QED) is 0.781. The Bertz CT molecular complexity index is 593. The first-order chi connectivity index (χ1) is 9.55. The minimum absolute atomic E-state index is 0.0196. The van der Waals surface area contributed by atoms with Crippen LogP contribution in [-0.4, -0.2) is 34.4 Å². The van der Waals surface area contributed by atoms with Crippen molar-refractivity contribution in [2.45, 2.75) is 24.2 Å². The van der Waals surface area contributed by atoms with E-state index in [0.29, 0.717) is 0 Å². The lowest BCUT2D eigenvalue weighted by Gasteiger charge is -2.14. The van der Waals surface area contributed by atoms with Gasteiger partial charge in [0.2, 0.25) is 10.0 Å². The van der Waals surface area contributed by atoms with Gasteiger partial charge in [-0.2, -0.15) is 0 Å². The Morgan fingerprint density at radius 3 is 2.48 bits per heavy atom. The van der Waals surface area contributed by atoms with Crippen LogP contribution < -0.4 is 14.8 Å². The molecule has 0 fully saturated rings. The maximum atomic E-state index is 12.1. The largest absolute Gasteiger partial charge is 0.573 e. The molecule has 0 bridgehead atoms. The molecular formula is C11H14BrF3N2O3S. The summed E-state index contributed by atoms with van der Waals surface area (Å²) in [6.07, 6.45) is -4.83. The third-order valence-electron chi connectivity index (χ3n) is 2.50. The zero-order valence-electron chi connectivity index (χ0n) is 11.2. The van der Waals surface area contributed by atoms with Gasteiger partial charge in [-0.15, -0.1) is 13.2 Å². The first-order valence-electron chi connectivity index (χ1n) is 5.77. The number of alkyl halides is 3. The van der Waals surface area contributed by atoms with Gasteiger partial charge in [-0.3, -0.25) is 0 Å². The summed E-state index contributed by atoms with van der Waals surface area (Å²) in [6.45, 7) is 1.92.